The molecule has 11 rings (SSSR count). The van der Waals surface area contributed by atoms with Crippen molar-refractivity contribution in [1.82, 2.24) is 14.1 Å². The second kappa shape index (κ2) is 10.8. The fraction of sp³-hybridized carbons (Fsp3) is 0. The maximum Gasteiger partial charge on any atom is 0.137 e. The van der Waals surface area contributed by atoms with E-state index in [-0.39, 0.29) is 0 Å². The zero-order valence-corrected chi connectivity index (χ0v) is 27.5. The van der Waals surface area contributed by atoms with E-state index in [1.807, 2.05) is 12.1 Å². The molecule has 11 aromatic rings. The van der Waals surface area contributed by atoms with Crippen molar-refractivity contribution >= 4 is 65.6 Å². The van der Waals surface area contributed by atoms with E-state index in [0.717, 1.165) is 77.9 Å². The Bertz CT molecular complexity index is 3070. The average Bonchev–Trinajstić information content (AvgIpc) is 3.85. The normalized spacial score (nSPS) is 11.9. The summed E-state index contributed by atoms with van der Waals surface area (Å²) in [5.74, 6) is 0. The SMILES string of the molecule is c1ccc(-c2cc(-n3c4ccccc4c4c5c6ccccc6n(-c6ccc7c(c6)oc6ccccc67)c5ccc43)cc(-c3ccccc3)n2)cc1. The van der Waals surface area contributed by atoms with E-state index < -0.39 is 0 Å². The van der Waals surface area contributed by atoms with Gasteiger partial charge in [0.2, 0.25) is 0 Å². The number of para-hydroxylation sites is 3. The van der Waals surface area contributed by atoms with Gasteiger partial charge in [0.15, 0.2) is 0 Å². The Hall–Kier alpha value is -6.91. The number of rotatable bonds is 4. The number of nitrogens with zero attached hydrogens (tertiary/aromatic N) is 3. The lowest BCUT2D eigenvalue weighted by molar-refractivity contribution is 0.668. The highest BCUT2D eigenvalue weighted by molar-refractivity contribution is 6.29. The second-order valence-electron chi connectivity index (χ2n) is 13.2. The van der Waals surface area contributed by atoms with Gasteiger partial charge in [-0.05, 0) is 54.6 Å². The summed E-state index contributed by atoms with van der Waals surface area (Å²) in [6.07, 6.45) is 0. The van der Waals surface area contributed by atoms with Gasteiger partial charge in [-0.25, -0.2) is 4.98 Å². The number of hydrogen-bond donors (Lipinski definition) is 0. The van der Waals surface area contributed by atoms with Crippen molar-refractivity contribution in [3.8, 4) is 33.9 Å². The summed E-state index contributed by atoms with van der Waals surface area (Å²) >= 11 is 0. The fourth-order valence-corrected chi connectivity index (χ4v) is 8.09. The molecule has 0 saturated carbocycles. The van der Waals surface area contributed by atoms with Crippen LogP contribution >= 0.6 is 0 Å². The second-order valence-corrected chi connectivity index (χ2v) is 13.2. The molecule has 0 atom stereocenters. The molecule has 4 heteroatoms. The zero-order chi connectivity index (χ0) is 33.5. The van der Waals surface area contributed by atoms with E-state index in [0.29, 0.717) is 0 Å². The summed E-state index contributed by atoms with van der Waals surface area (Å²) < 4.78 is 11.2. The molecule has 0 N–H and O–H groups in total. The van der Waals surface area contributed by atoms with Gasteiger partial charge in [-0.15, -0.1) is 0 Å². The van der Waals surface area contributed by atoms with Gasteiger partial charge in [0.05, 0.1) is 39.1 Å². The predicted octanol–water partition coefficient (Wildman–Crippen LogP) is 12.5. The molecule has 0 amide bonds. The standard InChI is InChI=1S/C47H29N3O/c1-3-13-30(14-4-1)38-27-33(28-39(48-38)31-15-5-2-6-16-31)50-41-21-11-8-19-37(41)47-43(50)26-25-42-46(47)36-18-7-10-20-40(36)49(42)32-23-24-35-34-17-9-12-22-44(34)51-45(35)29-32/h1-29H. The summed E-state index contributed by atoms with van der Waals surface area (Å²) in [5.41, 5.74) is 12.6. The van der Waals surface area contributed by atoms with Crippen molar-refractivity contribution in [1.29, 1.82) is 0 Å². The van der Waals surface area contributed by atoms with Crippen LogP contribution in [0.3, 0.4) is 0 Å². The van der Waals surface area contributed by atoms with Crippen LogP contribution in [0.2, 0.25) is 0 Å². The highest BCUT2D eigenvalue weighted by Crippen LogP contribution is 2.43. The lowest BCUT2D eigenvalue weighted by atomic mass is 10.1. The monoisotopic (exact) mass is 651 g/mol. The molecule has 7 aromatic carbocycles. The third-order valence-corrected chi connectivity index (χ3v) is 10.3. The molecule has 0 aliphatic heterocycles. The van der Waals surface area contributed by atoms with Crippen LogP contribution < -0.4 is 0 Å². The topological polar surface area (TPSA) is 35.9 Å². The Kier molecular flexibility index (Phi) is 5.92. The number of fused-ring (bicyclic) bond motifs is 10. The number of pyridine rings is 1. The van der Waals surface area contributed by atoms with Crippen molar-refractivity contribution in [2.45, 2.75) is 0 Å². The Morgan fingerprint density at radius 3 is 1.45 bits per heavy atom. The minimum Gasteiger partial charge on any atom is -0.456 e. The van der Waals surface area contributed by atoms with Gasteiger partial charge in [-0.3, -0.25) is 0 Å². The Morgan fingerprint density at radius 2 is 0.843 bits per heavy atom. The molecular formula is C47H29N3O. The van der Waals surface area contributed by atoms with Gasteiger partial charge in [-0.2, -0.15) is 0 Å². The van der Waals surface area contributed by atoms with E-state index in [9.17, 15) is 0 Å². The zero-order valence-electron chi connectivity index (χ0n) is 27.5. The molecule has 0 fully saturated rings. The van der Waals surface area contributed by atoms with Crippen molar-refractivity contribution in [3.05, 3.63) is 176 Å². The quantitative estimate of drug-likeness (QED) is 0.190. The first-order valence-electron chi connectivity index (χ1n) is 17.3. The molecule has 0 saturated heterocycles. The molecule has 4 nitrogen and oxygen atoms in total. The predicted molar refractivity (Wildman–Crippen MR) is 211 cm³/mol. The van der Waals surface area contributed by atoms with E-state index in [2.05, 4.69) is 173 Å². The van der Waals surface area contributed by atoms with Crippen molar-refractivity contribution in [2.24, 2.45) is 0 Å². The van der Waals surface area contributed by atoms with Crippen LogP contribution in [0, 0.1) is 0 Å². The Morgan fingerprint density at radius 1 is 0.353 bits per heavy atom. The van der Waals surface area contributed by atoms with Gasteiger partial charge in [-0.1, -0.05) is 115 Å². The van der Waals surface area contributed by atoms with Crippen LogP contribution in [0.1, 0.15) is 0 Å². The largest absolute Gasteiger partial charge is 0.456 e. The molecule has 4 heterocycles. The molecule has 0 aliphatic carbocycles. The van der Waals surface area contributed by atoms with E-state index in [1.54, 1.807) is 0 Å². The highest BCUT2D eigenvalue weighted by Gasteiger charge is 2.22. The van der Waals surface area contributed by atoms with Crippen LogP contribution in [0.15, 0.2) is 180 Å². The number of furan rings is 1. The number of aromatic nitrogens is 3. The summed E-state index contributed by atoms with van der Waals surface area (Å²) in [7, 11) is 0. The minimum atomic E-state index is 0.887. The van der Waals surface area contributed by atoms with Crippen LogP contribution in [-0.4, -0.2) is 14.1 Å². The van der Waals surface area contributed by atoms with E-state index in [1.165, 1.54) is 21.5 Å². The third-order valence-electron chi connectivity index (χ3n) is 10.3. The van der Waals surface area contributed by atoms with Crippen molar-refractivity contribution in [2.75, 3.05) is 0 Å². The molecule has 4 aromatic heterocycles. The van der Waals surface area contributed by atoms with Crippen LogP contribution in [0.4, 0.5) is 0 Å². The van der Waals surface area contributed by atoms with Crippen LogP contribution in [-0.2, 0) is 0 Å². The lowest BCUT2D eigenvalue weighted by Gasteiger charge is -2.13. The first-order chi connectivity index (χ1) is 25.3. The molecule has 238 valence electrons. The van der Waals surface area contributed by atoms with E-state index >= 15 is 0 Å². The van der Waals surface area contributed by atoms with Gasteiger partial charge in [0.1, 0.15) is 11.2 Å². The number of benzene rings is 7. The Labute approximate surface area is 293 Å². The van der Waals surface area contributed by atoms with E-state index in [4.69, 9.17) is 9.40 Å². The molecular weight excluding hydrogens is 623 g/mol. The third kappa shape index (κ3) is 4.17. The van der Waals surface area contributed by atoms with Gasteiger partial charge in [0.25, 0.3) is 0 Å². The fourth-order valence-electron chi connectivity index (χ4n) is 8.09. The molecule has 0 spiro atoms. The van der Waals surface area contributed by atoms with Gasteiger partial charge in [0, 0.05) is 55.2 Å². The van der Waals surface area contributed by atoms with Crippen molar-refractivity contribution in [3.63, 3.8) is 0 Å². The van der Waals surface area contributed by atoms with Crippen molar-refractivity contribution < 1.29 is 4.42 Å². The highest BCUT2D eigenvalue weighted by atomic mass is 16.3. The maximum atomic E-state index is 6.36. The summed E-state index contributed by atoms with van der Waals surface area (Å²) in [5, 5.41) is 7.18. The maximum absolute atomic E-state index is 6.36. The smallest absolute Gasteiger partial charge is 0.137 e. The average molecular weight is 652 g/mol. The minimum absolute atomic E-state index is 0.887. The first-order valence-corrected chi connectivity index (χ1v) is 17.3. The van der Waals surface area contributed by atoms with Gasteiger partial charge < -0.3 is 13.6 Å². The molecule has 0 bridgehead atoms. The summed E-state index contributed by atoms with van der Waals surface area (Å²) in [6.45, 7) is 0. The van der Waals surface area contributed by atoms with Crippen LogP contribution in [0.25, 0.3) is 99.4 Å². The molecule has 0 aliphatic rings. The first kappa shape index (κ1) is 28.0. The summed E-state index contributed by atoms with van der Waals surface area (Å²) in [4.78, 5) is 5.18. The van der Waals surface area contributed by atoms with Gasteiger partial charge >= 0.3 is 0 Å². The molecule has 51 heavy (non-hydrogen) atoms. The molecule has 0 unspecified atom stereocenters. The van der Waals surface area contributed by atoms with Crippen LogP contribution in [0.5, 0.6) is 0 Å². The molecule has 0 radical (unpaired) electrons. The lowest BCUT2D eigenvalue weighted by Crippen LogP contribution is -1.98. The number of hydrogen-bond acceptors (Lipinski definition) is 2. The summed E-state index contributed by atoms with van der Waals surface area (Å²) in [6, 6.07) is 62.4. The Balaban J connectivity index is 1.22.